The van der Waals surface area contributed by atoms with Gasteiger partial charge in [-0.1, -0.05) is 11.6 Å². The summed E-state index contributed by atoms with van der Waals surface area (Å²) in [4.78, 5) is 4.50. The first-order chi connectivity index (χ1) is 8.65. The van der Waals surface area contributed by atoms with Crippen molar-refractivity contribution >= 4 is 34.2 Å². The molecule has 0 saturated carbocycles. The molecule has 3 nitrogen and oxygen atoms in total. The number of benzene rings is 1. The van der Waals surface area contributed by atoms with Crippen LogP contribution in [0.3, 0.4) is 0 Å². The summed E-state index contributed by atoms with van der Waals surface area (Å²) in [6, 6.07) is 5.69. The van der Waals surface area contributed by atoms with E-state index in [-0.39, 0.29) is 6.10 Å². The Hall–Kier alpha value is -0.770. The van der Waals surface area contributed by atoms with E-state index in [0.717, 1.165) is 23.4 Å². The minimum Gasteiger partial charge on any atom is -0.377 e. The zero-order chi connectivity index (χ0) is 13.1. The molecular formula is C13H16Cl2N2O. The van der Waals surface area contributed by atoms with Crippen molar-refractivity contribution in [2.24, 2.45) is 0 Å². The van der Waals surface area contributed by atoms with Gasteiger partial charge in [-0.3, -0.25) is 0 Å². The molecule has 0 saturated heterocycles. The summed E-state index contributed by atoms with van der Waals surface area (Å²) in [6.07, 6.45) is 0.130. The molecule has 0 aliphatic heterocycles. The molecule has 18 heavy (non-hydrogen) atoms. The summed E-state index contributed by atoms with van der Waals surface area (Å²) >= 11 is 11.9. The fourth-order valence-electron chi connectivity index (χ4n) is 2.05. The number of hydrogen-bond donors (Lipinski definition) is 0. The van der Waals surface area contributed by atoms with Crippen LogP contribution < -0.4 is 0 Å². The normalized spacial score (nSPS) is 13.1. The molecule has 1 aromatic carbocycles. The van der Waals surface area contributed by atoms with E-state index in [1.165, 1.54) is 0 Å². The van der Waals surface area contributed by atoms with E-state index in [9.17, 15) is 0 Å². The van der Waals surface area contributed by atoms with Gasteiger partial charge in [0.05, 0.1) is 29.6 Å². The third kappa shape index (κ3) is 2.79. The predicted molar refractivity (Wildman–Crippen MR) is 75.4 cm³/mol. The van der Waals surface area contributed by atoms with Crippen LogP contribution in [0.2, 0.25) is 5.02 Å². The molecule has 2 rings (SSSR count). The van der Waals surface area contributed by atoms with Crippen molar-refractivity contribution in [1.82, 2.24) is 9.55 Å². The van der Waals surface area contributed by atoms with Gasteiger partial charge in [0.25, 0.3) is 0 Å². The van der Waals surface area contributed by atoms with Gasteiger partial charge in [-0.15, -0.1) is 11.6 Å². The molecule has 0 aliphatic carbocycles. The molecule has 98 valence electrons. The van der Waals surface area contributed by atoms with Crippen molar-refractivity contribution in [3.05, 3.63) is 29.0 Å². The molecular weight excluding hydrogens is 271 g/mol. The SMILES string of the molecule is CCOC(C)Cn1c(CCl)nc2cc(Cl)ccc21. The van der Waals surface area contributed by atoms with Gasteiger partial charge >= 0.3 is 0 Å². The van der Waals surface area contributed by atoms with Gasteiger partial charge in [0.2, 0.25) is 0 Å². The topological polar surface area (TPSA) is 27.1 Å². The van der Waals surface area contributed by atoms with Gasteiger partial charge in [0, 0.05) is 11.6 Å². The molecule has 1 heterocycles. The molecule has 1 aromatic heterocycles. The number of imidazole rings is 1. The minimum atomic E-state index is 0.130. The van der Waals surface area contributed by atoms with Gasteiger partial charge in [0.1, 0.15) is 5.82 Å². The Morgan fingerprint density at radius 1 is 1.44 bits per heavy atom. The van der Waals surface area contributed by atoms with Gasteiger partial charge < -0.3 is 9.30 Å². The van der Waals surface area contributed by atoms with Crippen LogP contribution in [0.1, 0.15) is 19.7 Å². The summed E-state index contributed by atoms with van der Waals surface area (Å²) < 4.78 is 7.67. The lowest BCUT2D eigenvalue weighted by Crippen LogP contribution is -2.17. The van der Waals surface area contributed by atoms with Gasteiger partial charge in [0.15, 0.2) is 0 Å². The van der Waals surface area contributed by atoms with E-state index < -0.39 is 0 Å². The smallest absolute Gasteiger partial charge is 0.124 e. The Labute approximate surface area is 117 Å². The fourth-order valence-corrected chi connectivity index (χ4v) is 2.42. The Balaban J connectivity index is 2.40. The second kappa shape index (κ2) is 5.91. The molecule has 0 aliphatic rings. The average Bonchev–Trinajstić information content (AvgIpc) is 2.66. The van der Waals surface area contributed by atoms with Crippen molar-refractivity contribution < 1.29 is 4.74 Å². The summed E-state index contributed by atoms with van der Waals surface area (Å²) in [5.41, 5.74) is 1.92. The average molecular weight is 287 g/mol. The lowest BCUT2D eigenvalue weighted by Gasteiger charge is -2.14. The number of ether oxygens (including phenoxy) is 1. The molecule has 0 radical (unpaired) electrons. The standard InChI is InChI=1S/C13H16Cl2N2O/c1-3-18-9(2)8-17-12-5-4-10(15)6-11(12)16-13(17)7-14/h4-6,9H,3,7-8H2,1-2H3. The van der Waals surface area contributed by atoms with Crippen LogP contribution in [-0.2, 0) is 17.2 Å². The highest BCUT2D eigenvalue weighted by Crippen LogP contribution is 2.22. The van der Waals surface area contributed by atoms with Crippen LogP contribution >= 0.6 is 23.2 Å². The number of halogens is 2. The molecule has 1 unspecified atom stereocenters. The maximum Gasteiger partial charge on any atom is 0.124 e. The maximum absolute atomic E-state index is 5.97. The van der Waals surface area contributed by atoms with Crippen molar-refractivity contribution in [3.63, 3.8) is 0 Å². The highest BCUT2D eigenvalue weighted by atomic mass is 35.5. The van der Waals surface area contributed by atoms with E-state index in [0.29, 0.717) is 17.5 Å². The second-order valence-electron chi connectivity index (χ2n) is 4.17. The Kier molecular flexibility index (Phi) is 4.49. The van der Waals surface area contributed by atoms with Crippen molar-refractivity contribution in [2.45, 2.75) is 32.4 Å². The molecule has 2 aromatic rings. The van der Waals surface area contributed by atoms with E-state index in [1.807, 2.05) is 32.0 Å². The molecule has 1 atom stereocenters. The van der Waals surface area contributed by atoms with Crippen LogP contribution in [0.5, 0.6) is 0 Å². The number of alkyl halides is 1. The fraction of sp³-hybridized carbons (Fsp3) is 0.462. The largest absolute Gasteiger partial charge is 0.377 e. The third-order valence-electron chi connectivity index (χ3n) is 2.80. The van der Waals surface area contributed by atoms with Crippen molar-refractivity contribution in [3.8, 4) is 0 Å². The monoisotopic (exact) mass is 286 g/mol. The molecule has 0 N–H and O–H groups in total. The summed E-state index contributed by atoms with van der Waals surface area (Å²) in [7, 11) is 0. The first-order valence-corrected chi connectivity index (χ1v) is 6.89. The highest BCUT2D eigenvalue weighted by Gasteiger charge is 2.13. The first kappa shape index (κ1) is 13.7. The molecule has 5 heteroatoms. The number of hydrogen-bond acceptors (Lipinski definition) is 2. The van der Waals surface area contributed by atoms with Crippen LogP contribution in [0.15, 0.2) is 18.2 Å². The Morgan fingerprint density at radius 3 is 2.89 bits per heavy atom. The van der Waals surface area contributed by atoms with Crippen LogP contribution in [0.25, 0.3) is 11.0 Å². The summed E-state index contributed by atoms with van der Waals surface area (Å²) in [6.45, 7) is 5.48. The number of nitrogens with zero attached hydrogens (tertiary/aromatic N) is 2. The van der Waals surface area contributed by atoms with Crippen LogP contribution in [-0.4, -0.2) is 22.3 Å². The minimum absolute atomic E-state index is 0.130. The molecule has 0 spiro atoms. The number of aromatic nitrogens is 2. The molecule has 0 fully saturated rings. The number of fused-ring (bicyclic) bond motifs is 1. The van der Waals surface area contributed by atoms with Gasteiger partial charge in [-0.05, 0) is 32.0 Å². The Morgan fingerprint density at radius 2 is 2.22 bits per heavy atom. The van der Waals surface area contributed by atoms with E-state index in [2.05, 4.69) is 9.55 Å². The lowest BCUT2D eigenvalue weighted by molar-refractivity contribution is 0.0643. The van der Waals surface area contributed by atoms with Crippen LogP contribution in [0.4, 0.5) is 0 Å². The Bertz CT molecular complexity index is 539. The van der Waals surface area contributed by atoms with Crippen LogP contribution in [0, 0.1) is 0 Å². The quantitative estimate of drug-likeness (QED) is 0.781. The van der Waals surface area contributed by atoms with E-state index in [1.54, 1.807) is 0 Å². The first-order valence-electron chi connectivity index (χ1n) is 5.98. The maximum atomic E-state index is 5.97. The summed E-state index contributed by atoms with van der Waals surface area (Å²) in [5.74, 6) is 1.23. The third-order valence-corrected chi connectivity index (χ3v) is 3.27. The van der Waals surface area contributed by atoms with E-state index >= 15 is 0 Å². The molecule has 0 bridgehead atoms. The second-order valence-corrected chi connectivity index (χ2v) is 4.87. The zero-order valence-electron chi connectivity index (χ0n) is 10.5. The lowest BCUT2D eigenvalue weighted by atomic mass is 10.3. The molecule has 0 amide bonds. The predicted octanol–water partition coefficient (Wildman–Crippen LogP) is 3.85. The zero-order valence-corrected chi connectivity index (χ0v) is 12.0. The van der Waals surface area contributed by atoms with Gasteiger partial charge in [-0.2, -0.15) is 0 Å². The highest BCUT2D eigenvalue weighted by molar-refractivity contribution is 6.31. The van der Waals surface area contributed by atoms with Gasteiger partial charge in [-0.25, -0.2) is 4.98 Å². The summed E-state index contributed by atoms with van der Waals surface area (Å²) in [5, 5.41) is 0.686. The van der Waals surface area contributed by atoms with Crippen molar-refractivity contribution in [1.29, 1.82) is 0 Å². The van der Waals surface area contributed by atoms with Crippen molar-refractivity contribution in [2.75, 3.05) is 6.61 Å². The van der Waals surface area contributed by atoms with E-state index in [4.69, 9.17) is 27.9 Å². The number of rotatable bonds is 5.